The number of aryl methyl sites for hydroxylation is 1. The first-order valence-corrected chi connectivity index (χ1v) is 1.72. The lowest BCUT2D eigenvalue weighted by molar-refractivity contribution is 0.928. The van der Waals surface area contributed by atoms with Crippen LogP contribution in [0.25, 0.3) is 0 Å². The van der Waals surface area contributed by atoms with Crippen LogP contribution in [-0.4, -0.2) is 15.4 Å². The monoisotopic (exact) mass is 100 g/mol. The van der Waals surface area contributed by atoms with E-state index in [-0.39, 0.29) is 6.15 Å². The molecule has 0 spiro atoms. The van der Waals surface area contributed by atoms with Crippen molar-refractivity contribution in [1.29, 1.82) is 0 Å². The van der Waals surface area contributed by atoms with Crippen molar-refractivity contribution in [2.75, 3.05) is 0 Å². The molecule has 0 amide bonds. The molecular formula is C3H8N4. The predicted molar refractivity (Wildman–Crippen MR) is 26.1 cm³/mol. The van der Waals surface area contributed by atoms with E-state index in [1.165, 1.54) is 0 Å². The molecule has 4 N–H and O–H groups in total. The van der Waals surface area contributed by atoms with Gasteiger partial charge in [-0.15, -0.1) is 0 Å². The second-order valence-corrected chi connectivity index (χ2v) is 1.11. The quantitative estimate of drug-likeness (QED) is 0.491. The molecule has 0 aliphatic rings. The summed E-state index contributed by atoms with van der Waals surface area (Å²) < 4.78 is 0. The van der Waals surface area contributed by atoms with Gasteiger partial charge >= 0.3 is 0 Å². The number of nitrogens with one attached hydrogen (secondary N) is 1. The summed E-state index contributed by atoms with van der Waals surface area (Å²) in [5.41, 5.74) is 0.926. The lowest BCUT2D eigenvalue weighted by Gasteiger charge is -1.62. The summed E-state index contributed by atoms with van der Waals surface area (Å²) in [6.45, 7) is 1.88. The Morgan fingerprint density at radius 3 is 2.57 bits per heavy atom. The second-order valence-electron chi connectivity index (χ2n) is 1.11. The fourth-order valence-corrected chi connectivity index (χ4v) is 0.259. The van der Waals surface area contributed by atoms with Crippen molar-refractivity contribution in [2.24, 2.45) is 0 Å². The molecule has 0 saturated heterocycles. The summed E-state index contributed by atoms with van der Waals surface area (Å²) in [7, 11) is 0. The van der Waals surface area contributed by atoms with Crippen molar-refractivity contribution in [1.82, 2.24) is 21.6 Å². The molecule has 7 heavy (non-hydrogen) atoms. The van der Waals surface area contributed by atoms with E-state index in [1.54, 1.807) is 6.20 Å². The minimum atomic E-state index is 0. The van der Waals surface area contributed by atoms with Crippen molar-refractivity contribution in [3.63, 3.8) is 0 Å². The third-order valence-electron chi connectivity index (χ3n) is 0.535. The minimum Gasteiger partial charge on any atom is -0.344 e. The van der Waals surface area contributed by atoms with Crippen LogP contribution in [0.1, 0.15) is 5.69 Å². The van der Waals surface area contributed by atoms with Crippen molar-refractivity contribution < 1.29 is 0 Å². The topological polar surface area (TPSA) is 76.6 Å². The fourth-order valence-electron chi connectivity index (χ4n) is 0.259. The number of nitrogens with zero attached hydrogens (tertiary/aromatic N) is 2. The Labute approximate surface area is 41.5 Å². The third-order valence-corrected chi connectivity index (χ3v) is 0.535. The molecule has 0 atom stereocenters. The van der Waals surface area contributed by atoms with Gasteiger partial charge in [0.1, 0.15) is 0 Å². The van der Waals surface area contributed by atoms with E-state index in [4.69, 9.17) is 0 Å². The molecule has 4 heteroatoms. The van der Waals surface area contributed by atoms with E-state index < -0.39 is 0 Å². The van der Waals surface area contributed by atoms with Gasteiger partial charge in [-0.1, -0.05) is 0 Å². The van der Waals surface area contributed by atoms with Crippen LogP contribution in [0.4, 0.5) is 0 Å². The van der Waals surface area contributed by atoms with Crippen molar-refractivity contribution in [3.05, 3.63) is 11.9 Å². The number of hydrogen-bond acceptors (Lipinski definition) is 3. The number of aromatic nitrogens is 3. The maximum atomic E-state index is 3.68. The van der Waals surface area contributed by atoms with E-state index in [1.807, 2.05) is 6.92 Å². The number of rotatable bonds is 0. The number of aromatic amines is 1. The Bertz CT molecular complexity index is 110. The SMILES string of the molecule is Cc1cn[nH]n1.N. The summed E-state index contributed by atoms with van der Waals surface area (Å²) >= 11 is 0. The highest BCUT2D eigenvalue weighted by atomic mass is 15.3. The van der Waals surface area contributed by atoms with Gasteiger partial charge in [0.05, 0.1) is 11.9 Å². The maximum Gasteiger partial charge on any atom is 0.0793 e. The molecule has 1 heterocycles. The van der Waals surface area contributed by atoms with Crippen LogP contribution >= 0.6 is 0 Å². The van der Waals surface area contributed by atoms with Gasteiger partial charge in [-0.05, 0) is 6.92 Å². The van der Waals surface area contributed by atoms with Crippen LogP contribution in [0.5, 0.6) is 0 Å². The zero-order chi connectivity index (χ0) is 4.41. The second kappa shape index (κ2) is 2.30. The van der Waals surface area contributed by atoms with Crippen LogP contribution in [0.15, 0.2) is 6.20 Å². The summed E-state index contributed by atoms with van der Waals surface area (Å²) in [4.78, 5) is 0. The van der Waals surface area contributed by atoms with Gasteiger partial charge in [0, 0.05) is 0 Å². The van der Waals surface area contributed by atoms with Gasteiger partial charge in [0.25, 0.3) is 0 Å². The molecule has 1 aromatic heterocycles. The average molecular weight is 100 g/mol. The van der Waals surface area contributed by atoms with E-state index in [0.29, 0.717) is 0 Å². The minimum absolute atomic E-state index is 0. The molecule has 0 aliphatic carbocycles. The van der Waals surface area contributed by atoms with Crippen LogP contribution in [-0.2, 0) is 0 Å². The predicted octanol–water partition coefficient (Wildman–Crippen LogP) is 0.275. The van der Waals surface area contributed by atoms with Crippen LogP contribution in [0.3, 0.4) is 0 Å². The van der Waals surface area contributed by atoms with Crippen molar-refractivity contribution in [2.45, 2.75) is 6.92 Å². The van der Waals surface area contributed by atoms with Crippen molar-refractivity contribution >= 4 is 0 Å². The molecule has 4 nitrogen and oxygen atoms in total. The van der Waals surface area contributed by atoms with E-state index in [0.717, 1.165) is 5.69 Å². The smallest absolute Gasteiger partial charge is 0.0793 e. The van der Waals surface area contributed by atoms with Gasteiger partial charge in [0.15, 0.2) is 0 Å². The standard InChI is InChI=1S/C3H5N3.H3N/c1-3-2-4-6-5-3;/h2H,1H3,(H,4,5,6);1H3. The van der Waals surface area contributed by atoms with Gasteiger partial charge in [-0.2, -0.15) is 15.4 Å². The Morgan fingerprint density at radius 1 is 1.71 bits per heavy atom. The number of H-pyrrole nitrogens is 1. The molecule has 0 saturated carbocycles. The highest BCUT2D eigenvalue weighted by molar-refractivity contribution is 4.82. The van der Waals surface area contributed by atoms with Gasteiger partial charge in [-0.3, -0.25) is 0 Å². The van der Waals surface area contributed by atoms with E-state index >= 15 is 0 Å². The molecular weight excluding hydrogens is 92.1 g/mol. The summed E-state index contributed by atoms with van der Waals surface area (Å²) in [6.07, 6.45) is 1.67. The van der Waals surface area contributed by atoms with Gasteiger partial charge in [0.2, 0.25) is 0 Å². The molecule has 0 aromatic carbocycles. The Kier molecular flexibility index (Phi) is 2.01. The highest BCUT2D eigenvalue weighted by Gasteiger charge is 1.76. The maximum absolute atomic E-state index is 3.68. The van der Waals surface area contributed by atoms with Gasteiger partial charge < -0.3 is 6.15 Å². The summed E-state index contributed by atoms with van der Waals surface area (Å²) in [6, 6.07) is 0. The first-order chi connectivity index (χ1) is 2.89. The summed E-state index contributed by atoms with van der Waals surface area (Å²) in [5, 5.41) is 9.70. The molecule has 0 aliphatic heterocycles. The fraction of sp³-hybridized carbons (Fsp3) is 0.333. The molecule has 40 valence electrons. The first kappa shape index (κ1) is 6.10. The number of hydrogen-bond donors (Lipinski definition) is 2. The molecule has 1 rings (SSSR count). The Morgan fingerprint density at radius 2 is 2.43 bits per heavy atom. The first-order valence-electron chi connectivity index (χ1n) is 1.72. The zero-order valence-corrected chi connectivity index (χ0v) is 4.18. The van der Waals surface area contributed by atoms with Crippen molar-refractivity contribution in [3.8, 4) is 0 Å². The Hall–Kier alpha value is -0.900. The van der Waals surface area contributed by atoms with E-state index in [2.05, 4.69) is 15.4 Å². The van der Waals surface area contributed by atoms with Gasteiger partial charge in [-0.25, -0.2) is 0 Å². The van der Waals surface area contributed by atoms with E-state index in [9.17, 15) is 0 Å². The molecule has 1 aromatic rings. The molecule has 0 fully saturated rings. The van der Waals surface area contributed by atoms with Crippen LogP contribution in [0, 0.1) is 6.92 Å². The molecule has 0 radical (unpaired) electrons. The van der Waals surface area contributed by atoms with Crippen LogP contribution < -0.4 is 6.15 Å². The molecule has 0 unspecified atom stereocenters. The molecule has 0 bridgehead atoms. The third kappa shape index (κ3) is 1.32. The highest BCUT2D eigenvalue weighted by Crippen LogP contribution is 1.77. The average Bonchev–Trinajstić information content (AvgIpc) is 1.86. The zero-order valence-electron chi connectivity index (χ0n) is 4.18. The van der Waals surface area contributed by atoms with Crippen LogP contribution in [0.2, 0.25) is 0 Å². The lowest BCUT2D eigenvalue weighted by atomic mass is 10.6. The Balaban J connectivity index is 0.000000360. The summed E-state index contributed by atoms with van der Waals surface area (Å²) in [5.74, 6) is 0. The lowest BCUT2D eigenvalue weighted by Crippen LogP contribution is -1.66. The largest absolute Gasteiger partial charge is 0.344 e. The normalized spacial score (nSPS) is 7.57.